The van der Waals surface area contributed by atoms with E-state index in [9.17, 15) is 9.59 Å². The van der Waals surface area contributed by atoms with Gasteiger partial charge in [0.2, 0.25) is 0 Å². The van der Waals surface area contributed by atoms with Crippen molar-refractivity contribution in [1.29, 1.82) is 0 Å². The fourth-order valence-corrected chi connectivity index (χ4v) is 4.51. The number of aromatic nitrogens is 1. The van der Waals surface area contributed by atoms with Gasteiger partial charge in [-0.3, -0.25) is 5.32 Å². The van der Waals surface area contributed by atoms with E-state index in [0.717, 1.165) is 51.6 Å². The number of alkyl halides is 1. The number of carbonyl (C=O) groups is 2. The van der Waals surface area contributed by atoms with Gasteiger partial charge in [0.05, 0.1) is 30.0 Å². The third-order valence-electron chi connectivity index (χ3n) is 5.68. The number of ether oxygens (including phenoxy) is 2. The molecule has 0 saturated heterocycles. The number of nitrogens with zero attached hydrogens (tertiary/aromatic N) is 2. The zero-order chi connectivity index (χ0) is 25.5. The minimum absolute atomic E-state index is 0. The molecule has 1 aliphatic carbocycles. The molecule has 7 nitrogen and oxygen atoms in total. The van der Waals surface area contributed by atoms with Crippen molar-refractivity contribution in [3.63, 3.8) is 0 Å². The highest BCUT2D eigenvalue weighted by molar-refractivity contribution is 9.09. The summed E-state index contributed by atoms with van der Waals surface area (Å²) in [4.78, 5) is 28.3. The van der Waals surface area contributed by atoms with Crippen LogP contribution in [-0.4, -0.2) is 35.3 Å². The minimum Gasteiger partial charge on any atom is -0.450 e. The number of hydrogen-bond donors (Lipinski definition) is 1. The molecule has 0 saturated carbocycles. The van der Waals surface area contributed by atoms with Gasteiger partial charge in [0, 0.05) is 28.5 Å². The summed E-state index contributed by atoms with van der Waals surface area (Å²) in [6.45, 7) is 4.83. The number of carbonyl (C=O) groups excluding carboxylic acids is 2. The van der Waals surface area contributed by atoms with Crippen LogP contribution in [0.25, 0.3) is 33.3 Å². The molecule has 1 N–H and O–H groups in total. The maximum absolute atomic E-state index is 12.1. The van der Waals surface area contributed by atoms with Crippen molar-refractivity contribution in [2.24, 2.45) is 4.99 Å². The molecule has 0 bridgehead atoms. The second kappa shape index (κ2) is 13.4. The Balaban J connectivity index is 0.00000380. The Labute approximate surface area is 234 Å². The highest BCUT2D eigenvalue weighted by atomic mass is 79.9. The highest BCUT2D eigenvalue weighted by Gasteiger charge is 2.19. The van der Waals surface area contributed by atoms with E-state index in [1.165, 1.54) is 0 Å². The monoisotopic (exact) mass is 629 g/mol. The molecule has 0 aromatic heterocycles. The summed E-state index contributed by atoms with van der Waals surface area (Å²) in [6, 6.07) is 21.7. The molecule has 0 unspecified atom stereocenters. The third-order valence-corrected chi connectivity index (χ3v) is 6.24. The molecular weight excluding hydrogens is 602 g/mol. The largest absolute Gasteiger partial charge is 0.450 e. The van der Waals surface area contributed by atoms with E-state index in [-0.39, 0.29) is 23.6 Å². The van der Waals surface area contributed by atoms with Crippen molar-refractivity contribution in [1.82, 2.24) is 4.57 Å². The summed E-state index contributed by atoms with van der Waals surface area (Å²) < 4.78 is 12.3. The summed E-state index contributed by atoms with van der Waals surface area (Å²) >= 11 is 3.56. The Morgan fingerprint density at radius 3 is 2.41 bits per heavy atom. The Morgan fingerprint density at radius 1 is 0.946 bits per heavy atom. The quantitative estimate of drug-likeness (QED) is 0.170. The van der Waals surface area contributed by atoms with Crippen LogP contribution >= 0.6 is 32.9 Å². The number of amides is 2. The van der Waals surface area contributed by atoms with Crippen molar-refractivity contribution in [3.05, 3.63) is 72.1 Å². The number of anilines is 1. The lowest BCUT2D eigenvalue weighted by atomic mass is 9.94. The van der Waals surface area contributed by atoms with E-state index in [4.69, 9.17) is 9.47 Å². The minimum atomic E-state index is -0.609. The predicted octanol–water partition coefficient (Wildman–Crippen LogP) is 7.40. The fourth-order valence-electron chi connectivity index (χ4n) is 4.26. The van der Waals surface area contributed by atoms with Gasteiger partial charge in [0.15, 0.2) is 0 Å². The molecule has 1 aliphatic heterocycles. The van der Waals surface area contributed by atoms with E-state index in [0.29, 0.717) is 17.7 Å². The number of pyridine rings is 1. The molecule has 194 valence electrons. The van der Waals surface area contributed by atoms with E-state index < -0.39 is 12.2 Å². The summed E-state index contributed by atoms with van der Waals surface area (Å²) in [5.41, 5.74) is 4.68. The van der Waals surface area contributed by atoms with Crippen molar-refractivity contribution < 1.29 is 19.1 Å². The molecule has 0 fully saturated rings. The average molecular weight is 631 g/mol. The lowest BCUT2D eigenvalue weighted by molar-refractivity contribution is 0.162. The van der Waals surface area contributed by atoms with Crippen molar-refractivity contribution in [2.75, 3.05) is 23.9 Å². The van der Waals surface area contributed by atoms with Gasteiger partial charge in [-0.05, 0) is 55.5 Å². The maximum Gasteiger partial charge on any atom is 0.434 e. The summed E-state index contributed by atoms with van der Waals surface area (Å²) in [5.74, 6) is 0. The number of halogens is 2. The van der Waals surface area contributed by atoms with Gasteiger partial charge in [0.1, 0.15) is 0 Å². The van der Waals surface area contributed by atoms with Gasteiger partial charge in [-0.2, -0.15) is 4.99 Å². The molecule has 2 aromatic rings. The van der Waals surface area contributed by atoms with Crippen LogP contribution in [0.5, 0.6) is 0 Å². The molecule has 0 atom stereocenters. The van der Waals surface area contributed by atoms with Gasteiger partial charge in [-0.25, -0.2) is 9.59 Å². The lowest BCUT2D eigenvalue weighted by Crippen LogP contribution is -2.15. The molecule has 1 heterocycles. The Morgan fingerprint density at radius 2 is 1.70 bits per heavy atom. The van der Waals surface area contributed by atoms with Crippen LogP contribution in [0, 0.1) is 0 Å². The molecule has 9 heteroatoms. The lowest BCUT2D eigenvalue weighted by Gasteiger charge is -2.25. The normalized spacial score (nSPS) is 11.3. The SMILES string of the molecule is Br.CCOC(=O)N=c1ccc2c3ccc(NC(=O)OCC)cc3c(-c3ccccc3)n(CCCBr)c-2c1. The highest BCUT2D eigenvalue weighted by Crippen LogP contribution is 2.39. The van der Waals surface area contributed by atoms with Crippen molar-refractivity contribution in [2.45, 2.75) is 26.8 Å². The van der Waals surface area contributed by atoms with Gasteiger partial charge in [-0.1, -0.05) is 58.4 Å². The summed E-state index contributed by atoms with van der Waals surface area (Å²) in [5, 5.41) is 6.21. The van der Waals surface area contributed by atoms with Crippen molar-refractivity contribution >= 4 is 61.6 Å². The van der Waals surface area contributed by atoms with Crippen LogP contribution in [0.4, 0.5) is 15.3 Å². The molecular formula is C28H29Br2N3O4. The molecule has 2 aromatic carbocycles. The third kappa shape index (κ3) is 6.59. The number of fused-ring (bicyclic) bond motifs is 3. The number of hydrogen-bond acceptors (Lipinski definition) is 4. The van der Waals surface area contributed by atoms with Gasteiger partial charge in [-0.15, -0.1) is 17.0 Å². The van der Waals surface area contributed by atoms with Crippen LogP contribution in [0.3, 0.4) is 0 Å². The molecule has 2 aliphatic rings. The number of nitrogens with one attached hydrogen (secondary N) is 1. The molecule has 0 spiro atoms. The molecule has 0 radical (unpaired) electrons. The first-order chi connectivity index (χ1) is 17.5. The van der Waals surface area contributed by atoms with E-state index in [1.54, 1.807) is 13.8 Å². The fraction of sp³-hybridized carbons (Fsp3) is 0.250. The van der Waals surface area contributed by atoms with Crippen molar-refractivity contribution in [3.8, 4) is 22.5 Å². The van der Waals surface area contributed by atoms with Crippen LogP contribution in [-0.2, 0) is 16.0 Å². The molecule has 37 heavy (non-hydrogen) atoms. The number of benzene rings is 3. The van der Waals surface area contributed by atoms with E-state index in [2.05, 4.69) is 42.9 Å². The molecule has 4 rings (SSSR count). The smallest absolute Gasteiger partial charge is 0.434 e. The average Bonchev–Trinajstić information content (AvgIpc) is 2.87. The summed E-state index contributed by atoms with van der Waals surface area (Å²) in [6.07, 6.45) is -0.204. The Bertz CT molecular complexity index is 1420. The zero-order valence-electron chi connectivity index (χ0n) is 20.7. The predicted molar refractivity (Wildman–Crippen MR) is 156 cm³/mol. The van der Waals surface area contributed by atoms with Crippen LogP contribution in [0.1, 0.15) is 20.3 Å². The first-order valence-corrected chi connectivity index (χ1v) is 13.0. The molecule has 2 amide bonds. The first-order valence-electron chi connectivity index (χ1n) is 11.9. The topological polar surface area (TPSA) is 81.9 Å². The zero-order valence-corrected chi connectivity index (χ0v) is 24.0. The van der Waals surface area contributed by atoms with Crippen LogP contribution < -0.4 is 10.7 Å². The second-order valence-electron chi connectivity index (χ2n) is 8.03. The van der Waals surface area contributed by atoms with Crippen LogP contribution in [0.2, 0.25) is 0 Å². The maximum atomic E-state index is 12.1. The standard InChI is InChI=1S/C28H28BrN3O4.BrH/c1-3-35-27(33)30-20-11-13-22-23-14-12-21(31-28(34)36-4-2)18-25(23)32(16-8-15-29)26(24(22)17-20)19-9-6-5-7-10-19;/h5-7,9-14,17-18H,3-4,8,15-16H2,1-2H3,(H,30,33);1H. The van der Waals surface area contributed by atoms with E-state index in [1.807, 2.05) is 54.6 Å². The Kier molecular flexibility index (Phi) is 10.3. The first kappa shape index (κ1) is 28.4. The van der Waals surface area contributed by atoms with Gasteiger partial charge in [0.25, 0.3) is 0 Å². The summed E-state index contributed by atoms with van der Waals surface area (Å²) in [7, 11) is 0. The Hall–Kier alpha value is -3.17. The number of rotatable bonds is 7. The van der Waals surface area contributed by atoms with Crippen LogP contribution in [0.15, 0.2) is 71.7 Å². The van der Waals surface area contributed by atoms with Gasteiger partial charge >= 0.3 is 12.2 Å². The van der Waals surface area contributed by atoms with Gasteiger partial charge < -0.3 is 14.0 Å². The van der Waals surface area contributed by atoms with E-state index >= 15 is 0 Å². The second-order valence-corrected chi connectivity index (χ2v) is 8.82.